The molecule has 6 heteroatoms. The van der Waals surface area contributed by atoms with Crippen LogP contribution in [0.5, 0.6) is 0 Å². The minimum Gasteiger partial charge on any atom is -0.379 e. The molecule has 2 N–H and O–H groups in total. The van der Waals surface area contributed by atoms with Gasteiger partial charge in [-0.25, -0.2) is 0 Å². The van der Waals surface area contributed by atoms with Gasteiger partial charge in [0.25, 0.3) is 0 Å². The molecule has 0 bridgehead atoms. The minimum atomic E-state index is -0.195. The van der Waals surface area contributed by atoms with E-state index >= 15 is 0 Å². The molecule has 1 rings (SSSR count). The molecule has 5 nitrogen and oxygen atoms in total. The van der Waals surface area contributed by atoms with Gasteiger partial charge in [-0.15, -0.1) is 12.4 Å². The number of ether oxygens (including phenoxy) is 2. The van der Waals surface area contributed by atoms with Gasteiger partial charge in [-0.1, -0.05) is 0 Å². The van der Waals surface area contributed by atoms with Crippen LogP contribution in [0.2, 0.25) is 0 Å². The number of hydrogen-bond donors (Lipinski definition) is 2. The molecule has 1 aliphatic heterocycles. The fourth-order valence-corrected chi connectivity index (χ4v) is 1.46. The molecule has 0 aromatic rings. The molecule has 1 heterocycles. The van der Waals surface area contributed by atoms with Crippen LogP contribution < -0.4 is 10.6 Å². The van der Waals surface area contributed by atoms with Gasteiger partial charge in [0.05, 0.1) is 19.3 Å². The highest BCUT2D eigenvalue weighted by atomic mass is 35.5. The van der Waals surface area contributed by atoms with E-state index in [0.717, 1.165) is 13.0 Å². The van der Waals surface area contributed by atoms with Crippen LogP contribution >= 0.6 is 12.4 Å². The van der Waals surface area contributed by atoms with Crippen molar-refractivity contribution in [1.82, 2.24) is 10.6 Å². The summed E-state index contributed by atoms with van der Waals surface area (Å²) in [4.78, 5) is 11.6. The second-order valence-corrected chi connectivity index (χ2v) is 4.15. The highest BCUT2D eigenvalue weighted by molar-refractivity contribution is 5.85. The monoisotopic (exact) mass is 266 g/mol. The number of halogens is 1. The van der Waals surface area contributed by atoms with Crippen molar-refractivity contribution >= 4 is 18.3 Å². The zero-order chi connectivity index (χ0) is 11.8. The Morgan fingerprint density at radius 2 is 2.35 bits per heavy atom. The SMILES string of the molecule is CC(C)OCCCNC(=O)C1COCCN1.Cl. The summed E-state index contributed by atoms with van der Waals surface area (Å²) < 4.78 is 10.6. The number of amides is 1. The van der Waals surface area contributed by atoms with Crippen LogP contribution in [0.25, 0.3) is 0 Å². The number of carbonyl (C=O) groups excluding carboxylic acids is 1. The molecule has 17 heavy (non-hydrogen) atoms. The summed E-state index contributed by atoms with van der Waals surface area (Å²) in [5, 5.41) is 5.97. The topological polar surface area (TPSA) is 59.6 Å². The summed E-state index contributed by atoms with van der Waals surface area (Å²) in [6.45, 7) is 7.24. The Hall–Kier alpha value is -0.360. The van der Waals surface area contributed by atoms with Crippen molar-refractivity contribution in [2.24, 2.45) is 0 Å². The van der Waals surface area contributed by atoms with E-state index in [0.29, 0.717) is 26.4 Å². The van der Waals surface area contributed by atoms with Crippen LogP contribution in [0.3, 0.4) is 0 Å². The molecule has 0 aliphatic carbocycles. The summed E-state index contributed by atoms with van der Waals surface area (Å²) >= 11 is 0. The zero-order valence-corrected chi connectivity index (χ0v) is 11.3. The van der Waals surface area contributed by atoms with Gasteiger partial charge in [-0.2, -0.15) is 0 Å². The van der Waals surface area contributed by atoms with E-state index in [1.54, 1.807) is 0 Å². The molecule has 0 spiro atoms. The van der Waals surface area contributed by atoms with Crippen molar-refractivity contribution < 1.29 is 14.3 Å². The van der Waals surface area contributed by atoms with Gasteiger partial charge in [0.2, 0.25) is 5.91 Å². The van der Waals surface area contributed by atoms with Crippen LogP contribution in [-0.4, -0.2) is 51.0 Å². The van der Waals surface area contributed by atoms with E-state index < -0.39 is 0 Å². The van der Waals surface area contributed by atoms with E-state index in [4.69, 9.17) is 9.47 Å². The molecule has 0 saturated carbocycles. The highest BCUT2D eigenvalue weighted by Crippen LogP contribution is 1.93. The largest absolute Gasteiger partial charge is 0.379 e. The van der Waals surface area contributed by atoms with Crippen molar-refractivity contribution in [1.29, 1.82) is 0 Å². The number of morpholine rings is 1. The van der Waals surface area contributed by atoms with E-state index in [1.807, 2.05) is 13.8 Å². The van der Waals surface area contributed by atoms with Gasteiger partial charge in [0.1, 0.15) is 6.04 Å². The molecule has 1 aliphatic rings. The lowest BCUT2D eigenvalue weighted by atomic mass is 10.2. The third-order valence-corrected chi connectivity index (χ3v) is 2.31. The smallest absolute Gasteiger partial charge is 0.239 e. The second kappa shape index (κ2) is 9.65. The third-order valence-electron chi connectivity index (χ3n) is 2.31. The summed E-state index contributed by atoms with van der Waals surface area (Å²) in [7, 11) is 0. The van der Waals surface area contributed by atoms with Crippen molar-refractivity contribution in [3.63, 3.8) is 0 Å². The molecule has 102 valence electrons. The molecular formula is C11H23ClN2O3. The van der Waals surface area contributed by atoms with Crippen molar-refractivity contribution in [2.45, 2.75) is 32.4 Å². The number of nitrogens with one attached hydrogen (secondary N) is 2. The number of hydrogen-bond acceptors (Lipinski definition) is 4. The first kappa shape index (κ1) is 16.6. The van der Waals surface area contributed by atoms with Gasteiger partial charge < -0.3 is 20.1 Å². The predicted molar refractivity (Wildman–Crippen MR) is 68.6 cm³/mol. The van der Waals surface area contributed by atoms with Gasteiger partial charge in [-0.05, 0) is 20.3 Å². The number of rotatable bonds is 6. The van der Waals surface area contributed by atoms with Crippen LogP contribution in [0.4, 0.5) is 0 Å². The average Bonchev–Trinajstić information content (AvgIpc) is 2.29. The first-order chi connectivity index (χ1) is 7.70. The fraction of sp³-hybridized carbons (Fsp3) is 0.909. The Labute approximate surface area is 109 Å². The Bertz CT molecular complexity index is 209. The normalized spacial score (nSPS) is 19.8. The fourth-order valence-electron chi connectivity index (χ4n) is 1.46. The Morgan fingerprint density at radius 3 is 2.94 bits per heavy atom. The lowest BCUT2D eigenvalue weighted by Crippen LogP contribution is -2.51. The second-order valence-electron chi connectivity index (χ2n) is 4.15. The maximum absolute atomic E-state index is 11.6. The summed E-state index contributed by atoms with van der Waals surface area (Å²) in [5.74, 6) is 0.0178. The van der Waals surface area contributed by atoms with Crippen molar-refractivity contribution in [3.05, 3.63) is 0 Å². The zero-order valence-electron chi connectivity index (χ0n) is 10.5. The van der Waals surface area contributed by atoms with Gasteiger partial charge >= 0.3 is 0 Å². The minimum absolute atomic E-state index is 0. The lowest BCUT2D eigenvalue weighted by Gasteiger charge is -2.22. The number of carbonyl (C=O) groups is 1. The summed E-state index contributed by atoms with van der Waals surface area (Å²) in [5.41, 5.74) is 0. The lowest BCUT2D eigenvalue weighted by molar-refractivity contribution is -0.125. The van der Waals surface area contributed by atoms with E-state index in [2.05, 4.69) is 10.6 Å². The summed E-state index contributed by atoms with van der Waals surface area (Å²) in [6, 6.07) is -0.195. The van der Waals surface area contributed by atoms with Gasteiger partial charge in [0, 0.05) is 19.7 Å². The Morgan fingerprint density at radius 1 is 1.59 bits per heavy atom. The first-order valence-electron chi connectivity index (χ1n) is 5.90. The predicted octanol–water partition coefficient (Wildman–Crippen LogP) is 0.328. The molecule has 1 amide bonds. The molecule has 1 saturated heterocycles. The summed E-state index contributed by atoms with van der Waals surface area (Å²) in [6.07, 6.45) is 1.10. The molecule has 0 radical (unpaired) electrons. The van der Waals surface area contributed by atoms with Gasteiger partial charge in [-0.3, -0.25) is 4.79 Å². The third kappa shape index (κ3) is 7.54. The maximum atomic E-state index is 11.6. The quantitative estimate of drug-likeness (QED) is 0.680. The van der Waals surface area contributed by atoms with E-state index in [9.17, 15) is 4.79 Å². The average molecular weight is 267 g/mol. The molecule has 1 fully saturated rings. The van der Waals surface area contributed by atoms with Crippen LogP contribution in [-0.2, 0) is 14.3 Å². The molecule has 0 aromatic carbocycles. The maximum Gasteiger partial charge on any atom is 0.239 e. The van der Waals surface area contributed by atoms with E-state index in [-0.39, 0.29) is 30.5 Å². The molecule has 0 aromatic heterocycles. The van der Waals surface area contributed by atoms with Crippen LogP contribution in [0.1, 0.15) is 20.3 Å². The molecule has 1 atom stereocenters. The standard InChI is InChI=1S/C11H22N2O3.ClH/c1-9(2)16-6-3-4-13-11(14)10-8-15-7-5-12-10;/h9-10,12H,3-8H2,1-2H3,(H,13,14);1H. The Balaban J connectivity index is 0.00000256. The highest BCUT2D eigenvalue weighted by Gasteiger charge is 2.20. The van der Waals surface area contributed by atoms with Gasteiger partial charge in [0.15, 0.2) is 0 Å². The van der Waals surface area contributed by atoms with Crippen LogP contribution in [0, 0.1) is 0 Å². The van der Waals surface area contributed by atoms with Crippen molar-refractivity contribution in [3.8, 4) is 0 Å². The molecule has 1 unspecified atom stereocenters. The first-order valence-corrected chi connectivity index (χ1v) is 5.90. The Kier molecular flexibility index (Phi) is 9.44. The van der Waals surface area contributed by atoms with Crippen LogP contribution in [0.15, 0.2) is 0 Å². The molecular weight excluding hydrogens is 244 g/mol. The van der Waals surface area contributed by atoms with E-state index in [1.165, 1.54) is 0 Å². The van der Waals surface area contributed by atoms with Crippen molar-refractivity contribution in [2.75, 3.05) is 32.9 Å².